The van der Waals surface area contributed by atoms with Crippen LogP contribution in [0, 0.1) is 13.8 Å². The standard InChI is InChI=1S/C10H14N2O3/c1-6-9(15-7(2)11-6)10(14)12-4-3-8(13)5-12/h8,13H,3-5H2,1-2H3. The number of carbonyl (C=O) groups excluding carboxylic acids is 1. The summed E-state index contributed by atoms with van der Waals surface area (Å²) in [4.78, 5) is 17.5. The van der Waals surface area contributed by atoms with E-state index >= 15 is 0 Å². The van der Waals surface area contributed by atoms with Crippen LogP contribution in [0.25, 0.3) is 0 Å². The molecule has 1 unspecified atom stereocenters. The molecule has 1 atom stereocenters. The third-order valence-electron chi connectivity index (χ3n) is 2.55. The lowest BCUT2D eigenvalue weighted by atomic mass is 10.3. The number of aliphatic hydroxyl groups is 1. The smallest absolute Gasteiger partial charge is 0.291 e. The third kappa shape index (κ3) is 1.87. The highest BCUT2D eigenvalue weighted by Gasteiger charge is 2.28. The Hall–Kier alpha value is -1.36. The second-order valence-corrected chi connectivity index (χ2v) is 3.84. The zero-order valence-corrected chi connectivity index (χ0v) is 8.86. The summed E-state index contributed by atoms with van der Waals surface area (Å²) in [5, 5.41) is 9.33. The van der Waals surface area contributed by atoms with Crippen LogP contribution in [0.5, 0.6) is 0 Å². The molecule has 0 aromatic carbocycles. The van der Waals surface area contributed by atoms with Crippen LogP contribution in [0.15, 0.2) is 4.42 Å². The van der Waals surface area contributed by atoms with Crippen LogP contribution in [0.2, 0.25) is 0 Å². The van der Waals surface area contributed by atoms with Gasteiger partial charge in [0.2, 0.25) is 5.76 Å². The number of aromatic nitrogens is 1. The van der Waals surface area contributed by atoms with E-state index in [2.05, 4.69) is 4.98 Å². The zero-order chi connectivity index (χ0) is 11.0. The first-order valence-electron chi connectivity index (χ1n) is 4.99. The molecular weight excluding hydrogens is 196 g/mol. The number of aryl methyl sites for hydroxylation is 2. The van der Waals surface area contributed by atoms with E-state index in [1.165, 1.54) is 0 Å². The van der Waals surface area contributed by atoms with E-state index in [1.54, 1.807) is 18.7 Å². The molecular formula is C10H14N2O3. The van der Waals surface area contributed by atoms with Gasteiger partial charge in [-0.25, -0.2) is 4.98 Å². The van der Waals surface area contributed by atoms with E-state index in [9.17, 15) is 9.90 Å². The molecule has 1 amide bonds. The van der Waals surface area contributed by atoms with Crippen molar-refractivity contribution in [2.75, 3.05) is 13.1 Å². The maximum atomic E-state index is 11.9. The maximum absolute atomic E-state index is 11.9. The number of hydrogen-bond acceptors (Lipinski definition) is 4. The second-order valence-electron chi connectivity index (χ2n) is 3.84. The fraction of sp³-hybridized carbons (Fsp3) is 0.600. The number of hydrogen-bond donors (Lipinski definition) is 1. The average Bonchev–Trinajstić information content (AvgIpc) is 2.71. The first-order valence-corrected chi connectivity index (χ1v) is 4.99. The minimum absolute atomic E-state index is 0.176. The minimum atomic E-state index is -0.404. The van der Waals surface area contributed by atoms with Crippen molar-refractivity contribution in [3.05, 3.63) is 17.3 Å². The monoisotopic (exact) mass is 210 g/mol. The van der Waals surface area contributed by atoms with Crippen molar-refractivity contribution in [2.24, 2.45) is 0 Å². The second kappa shape index (κ2) is 3.66. The molecule has 1 saturated heterocycles. The van der Waals surface area contributed by atoms with Gasteiger partial charge in [0.05, 0.1) is 11.8 Å². The van der Waals surface area contributed by atoms with Crippen molar-refractivity contribution in [1.29, 1.82) is 0 Å². The van der Waals surface area contributed by atoms with Crippen molar-refractivity contribution in [1.82, 2.24) is 9.88 Å². The molecule has 2 heterocycles. The van der Waals surface area contributed by atoms with Gasteiger partial charge in [0.1, 0.15) is 0 Å². The molecule has 1 fully saturated rings. The summed E-state index contributed by atoms with van der Waals surface area (Å²) < 4.78 is 5.24. The summed E-state index contributed by atoms with van der Waals surface area (Å²) in [6, 6.07) is 0. The molecule has 5 nitrogen and oxygen atoms in total. The average molecular weight is 210 g/mol. The Bertz CT molecular complexity index is 386. The lowest BCUT2D eigenvalue weighted by molar-refractivity contribution is 0.0731. The van der Waals surface area contributed by atoms with E-state index in [4.69, 9.17) is 4.42 Å². The van der Waals surface area contributed by atoms with Gasteiger partial charge < -0.3 is 14.4 Å². The molecule has 15 heavy (non-hydrogen) atoms. The fourth-order valence-corrected chi connectivity index (χ4v) is 1.80. The number of β-amino-alcohol motifs (C(OH)–C–C–N with tert-alkyl or cyclic N) is 1. The molecule has 0 spiro atoms. The fourth-order valence-electron chi connectivity index (χ4n) is 1.80. The van der Waals surface area contributed by atoms with Crippen LogP contribution >= 0.6 is 0 Å². The number of rotatable bonds is 1. The first-order chi connectivity index (χ1) is 7.08. The van der Waals surface area contributed by atoms with Crippen LogP contribution in [0.3, 0.4) is 0 Å². The SMILES string of the molecule is Cc1nc(C)c(C(=O)N2CCC(O)C2)o1. The lowest BCUT2D eigenvalue weighted by Gasteiger charge is -2.13. The number of nitrogens with zero attached hydrogens (tertiary/aromatic N) is 2. The lowest BCUT2D eigenvalue weighted by Crippen LogP contribution is -2.29. The highest BCUT2D eigenvalue weighted by Crippen LogP contribution is 2.16. The Balaban J connectivity index is 2.17. The number of aliphatic hydroxyl groups excluding tert-OH is 1. The Morgan fingerprint density at radius 2 is 2.33 bits per heavy atom. The molecule has 1 aliphatic heterocycles. The number of amides is 1. The molecule has 1 aromatic rings. The Kier molecular flexibility index (Phi) is 2.48. The van der Waals surface area contributed by atoms with Crippen molar-refractivity contribution in [3.63, 3.8) is 0 Å². The molecule has 1 aromatic heterocycles. The predicted octanol–water partition coefficient (Wildman–Crippen LogP) is 0.498. The number of likely N-dealkylation sites (tertiary alicyclic amines) is 1. The van der Waals surface area contributed by atoms with E-state index in [1.807, 2.05) is 0 Å². The Morgan fingerprint density at radius 1 is 1.60 bits per heavy atom. The van der Waals surface area contributed by atoms with Gasteiger partial charge in [0.15, 0.2) is 5.89 Å². The Labute approximate surface area is 87.7 Å². The molecule has 1 N–H and O–H groups in total. The summed E-state index contributed by atoms with van der Waals surface area (Å²) in [6.45, 7) is 4.43. The minimum Gasteiger partial charge on any atom is -0.436 e. The zero-order valence-electron chi connectivity index (χ0n) is 8.86. The van der Waals surface area contributed by atoms with Gasteiger partial charge in [0.25, 0.3) is 5.91 Å². The molecule has 0 saturated carbocycles. The largest absolute Gasteiger partial charge is 0.436 e. The molecule has 0 aliphatic carbocycles. The predicted molar refractivity (Wildman–Crippen MR) is 52.5 cm³/mol. The summed E-state index contributed by atoms with van der Waals surface area (Å²) in [5.74, 6) is 0.613. The van der Waals surface area contributed by atoms with E-state index in [-0.39, 0.29) is 5.91 Å². The highest BCUT2D eigenvalue weighted by molar-refractivity contribution is 5.92. The molecule has 0 radical (unpaired) electrons. The summed E-state index contributed by atoms with van der Waals surface area (Å²) in [7, 11) is 0. The molecule has 1 aliphatic rings. The van der Waals surface area contributed by atoms with E-state index in [0.29, 0.717) is 36.9 Å². The van der Waals surface area contributed by atoms with Crippen molar-refractivity contribution in [3.8, 4) is 0 Å². The van der Waals surface area contributed by atoms with Gasteiger partial charge in [-0.3, -0.25) is 4.79 Å². The summed E-state index contributed by atoms with van der Waals surface area (Å²) >= 11 is 0. The van der Waals surface area contributed by atoms with Crippen molar-refractivity contribution < 1.29 is 14.3 Å². The van der Waals surface area contributed by atoms with Gasteiger partial charge in [-0.1, -0.05) is 0 Å². The van der Waals surface area contributed by atoms with Crippen LogP contribution in [-0.2, 0) is 0 Å². The van der Waals surface area contributed by atoms with E-state index < -0.39 is 6.10 Å². The van der Waals surface area contributed by atoms with Crippen molar-refractivity contribution >= 4 is 5.91 Å². The van der Waals surface area contributed by atoms with Gasteiger partial charge in [-0.15, -0.1) is 0 Å². The van der Waals surface area contributed by atoms with Gasteiger partial charge in [-0.05, 0) is 13.3 Å². The van der Waals surface area contributed by atoms with Crippen LogP contribution in [-0.4, -0.2) is 40.1 Å². The maximum Gasteiger partial charge on any atom is 0.291 e. The van der Waals surface area contributed by atoms with Crippen molar-refractivity contribution in [2.45, 2.75) is 26.4 Å². The molecule has 5 heteroatoms. The van der Waals surface area contributed by atoms with Gasteiger partial charge >= 0.3 is 0 Å². The van der Waals surface area contributed by atoms with Gasteiger partial charge in [-0.2, -0.15) is 0 Å². The highest BCUT2D eigenvalue weighted by atomic mass is 16.4. The van der Waals surface area contributed by atoms with Crippen LogP contribution in [0.4, 0.5) is 0 Å². The van der Waals surface area contributed by atoms with E-state index in [0.717, 1.165) is 0 Å². The summed E-state index contributed by atoms with van der Waals surface area (Å²) in [6.07, 6.45) is 0.232. The number of oxazole rings is 1. The summed E-state index contributed by atoms with van der Waals surface area (Å²) in [5.41, 5.74) is 0.610. The van der Waals surface area contributed by atoms with Crippen LogP contribution < -0.4 is 0 Å². The van der Waals surface area contributed by atoms with Crippen LogP contribution in [0.1, 0.15) is 28.6 Å². The van der Waals surface area contributed by atoms with Gasteiger partial charge in [0, 0.05) is 20.0 Å². The topological polar surface area (TPSA) is 66.6 Å². The quantitative estimate of drug-likeness (QED) is 0.733. The first kappa shape index (κ1) is 10.2. The Morgan fingerprint density at radius 3 is 2.80 bits per heavy atom. The third-order valence-corrected chi connectivity index (χ3v) is 2.55. The molecule has 82 valence electrons. The molecule has 0 bridgehead atoms. The number of carbonyl (C=O) groups is 1. The molecule has 2 rings (SSSR count). The normalized spacial score (nSPS) is 21.0.